The van der Waals surface area contributed by atoms with E-state index in [0.717, 1.165) is 10.4 Å². The van der Waals surface area contributed by atoms with Crippen molar-refractivity contribution in [3.63, 3.8) is 0 Å². The van der Waals surface area contributed by atoms with Gasteiger partial charge in [-0.25, -0.2) is 8.42 Å². The van der Waals surface area contributed by atoms with Crippen molar-refractivity contribution in [1.29, 1.82) is 5.26 Å². The lowest BCUT2D eigenvalue weighted by atomic mass is 9.99. The number of amides is 1. The van der Waals surface area contributed by atoms with Gasteiger partial charge in [0.25, 0.3) is 5.69 Å². The second-order valence-corrected chi connectivity index (χ2v) is 10.3. The molecule has 0 spiro atoms. The molecule has 3 aromatic carbocycles. The molecule has 0 radical (unpaired) electrons. The number of carbonyl (C=O) groups is 2. The van der Waals surface area contributed by atoms with Crippen LogP contribution in [0, 0.1) is 21.4 Å². The summed E-state index contributed by atoms with van der Waals surface area (Å²) in [7, 11) is -4.54. The van der Waals surface area contributed by atoms with Crippen molar-refractivity contribution in [1.82, 2.24) is 4.31 Å². The zero-order valence-electron chi connectivity index (χ0n) is 19.9. The number of nitro groups is 1. The molecule has 1 amide bonds. The molecule has 12 heteroatoms. The van der Waals surface area contributed by atoms with Crippen LogP contribution in [0.2, 0.25) is 0 Å². The molecule has 1 aliphatic rings. The first-order chi connectivity index (χ1) is 18.1. The quantitative estimate of drug-likeness (QED) is 0.265. The summed E-state index contributed by atoms with van der Waals surface area (Å²) in [6.45, 7) is 1.30. The fourth-order valence-electron chi connectivity index (χ4n) is 4.30. The van der Waals surface area contributed by atoms with E-state index in [1.54, 1.807) is 18.2 Å². The van der Waals surface area contributed by atoms with Crippen molar-refractivity contribution in [2.75, 3.05) is 5.32 Å². The van der Waals surface area contributed by atoms with E-state index in [-0.39, 0.29) is 38.9 Å². The Bertz CT molecular complexity index is 1610. The Balaban J connectivity index is 1.92. The van der Waals surface area contributed by atoms with Gasteiger partial charge >= 0.3 is 0 Å². The summed E-state index contributed by atoms with van der Waals surface area (Å²) in [6, 6.07) is 17.2. The van der Waals surface area contributed by atoms with Crippen LogP contribution in [-0.2, 0) is 14.8 Å². The zero-order valence-corrected chi connectivity index (χ0v) is 20.8. The monoisotopic (exact) mass is 531 g/mol. The lowest BCUT2D eigenvalue weighted by Gasteiger charge is -2.30. The van der Waals surface area contributed by atoms with Gasteiger partial charge in [0.15, 0.2) is 5.78 Å². The molecule has 0 bridgehead atoms. The van der Waals surface area contributed by atoms with Crippen LogP contribution in [0.15, 0.2) is 95.0 Å². The molecule has 4 rings (SSSR count). The first-order valence-electron chi connectivity index (χ1n) is 11.2. The molecule has 0 aliphatic carbocycles. The van der Waals surface area contributed by atoms with E-state index in [2.05, 4.69) is 5.32 Å². The minimum atomic E-state index is -4.54. The summed E-state index contributed by atoms with van der Waals surface area (Å²) >= 11 is 0. The number of hydrogen-bond donors (Lipinski definition) is 2. The van der Waals surface area contributed by atoms with Gasteiger partial charge < -0.3 is 11.1 Å². The average Bonchev–Trinajstić information content (AvgIpc) is 3.21. The fourth-order valence-corrected chi connectivity index (χ4v) is 6.01. The van der Waals surface area contributed by atoms with Crippen LogP contribution < -0.4 is 11.1 Å². The highest BCUT2D eigenvalue weighted by molar-refractivity contribution is 7.89. The number of carbonyl (C=O) groups excluding carboxylic acids is 2. The van der Waals surface area contributed by atoms with Gasteiger partial charge in [-0.15, -0.1) is 0 Å². The maximum absolute atomic E-state index is 14.1. The number of nitro benzene ring substituents is 1. The highest BCUT2D eigenvalue weighted by Gasteiger charge is 2.51. The third kappa shape index (κ3) is 4.75. The van der Waals surface area contributed by atoms with Gasteiger partial charge in [0.05, 0.1) is 33.2 Å². The van der Waals surface area contributed by atoms with Gasteiger partial charge in [-0.2, -0.15) is 9.57 Å². The third-order valence-corrected chi connectivity index (χ3v) is 7.81. The Labute approximate surface area is 218 Å². The Morgan fingerprint density at radius 3 is 2.29 bits per heavy atom. The largest absolute Gasteiger partial charge is 0.399 e. The number of non-ortho nitro benzene ring substituents is 1. The van der Waals surface area contributed by atoms with E-state index in [9.17, 15) is 33.4 Å². The van der Waals surface area contributed by atoms with Crippen LogP contribution in [0.3, 0.4) is 0 Å². The molecule has 2 atom stereocenters. The second-order valence-electron chi connectivity index (χ2n) is 8.41. The zero-order chi connectivity index (χ0) is 27.6. The molecule has 1 heterocycles. The number of benzene rings is 3. The second kappa shape index (κ2) is 10.3. The van der Waals surface area contributed by atoms with Gasteiger partial charge in [0, 0.05) is 30.3 Å². The molecule has 0 saturated heterocycles. The highest BCUT2D eigenvalue weighted by atomic mass is 32.2. The number of nitriles is 1. The van der Waals surface area contributed by atoms with Gasteiger partial charge in [-0.05, 0) is 29.8 Å². The number of Topliss-reactive ketones (excluding diaryl/α,β-unsaturated/α-hetero) is 1. The molecule has 1 aliphatic heterocycles. The van der Waals surface area contributed by atoms with Crippen molar-refractivity contribution < 1.29 is 22.9 Å². The Kier molecular flexibility index (Phi) is 7.07. The molecule has 3 N–H and O–H groups in total. The number of nitrogens with zero attached hydrogens (tertiary/aromatic N) is 3. The maximum Gasteiger partial charge on any atom is 0.269 e. The lowest BCUT2D eigenvalue weighted by Crippen LogP contribution is -2.45. The van der Waals surface area contributed by atoms with Crippen molar-refractivity contribution in [3.05, 3.63) is 111 Å². The first kappa shape index (κ1) is 26.2. The number of nitrogens with one attached hydrogen (secondary N) is 1. The minimum absolute atomic E-state index is 0.0977. The summed E-state index contributed by atoms with van der Waals surface area (Å²) in [5.74, 6) is -1.02. The normalized spacial score (nSPS) is 17.6. The van der Waals surface area contributed by atoms with E-state index < -0.39 is 32.8 Å². The molecule has 38 heavy (non-hydrogen) atoms. The SMILES string of the molecule is CC(=O)Nc1ccc(S(=O)(=O)N2[C@@H](C(=O)c3ccccc3)C(N)=C(C#N)[C@@H]2c2cccc([N+](=O)[O-])c2)cc1. The van der Waals surface area contributed by atoms with Crippen molar-refractivity contribution in [3.8, 4) is 6.07 Å². The Morgan fingerprint density at radius 2 is 1.71 bits per heavy atom. The van der Waals surface area contributed by atoms with Crippen molar-refractivity contribution in [2.45, 2.75) is 23.9 Å². The average molecular weight is 532 g/mol. The number of ketones is 1. The smallest absolute Gasteiger partial charge is 0.269 e. The summed E-state index contributed by atoms with van der Waals surface area (Å²) in [4.78, 5) is 35.6. The molecular weight excluding hydrogens is 510 g/mol. The van der Waals surface area contributed by atoms with E-state index in [1.807, 2.05) is 6.07 Å². The molecular formula is C26H21N5O6S. The van der Waals surface area contributed by atoms with Crippen LogP contribution in [0.1, 0.15) is 28.9 Å². The van der Waals surface area contributed by atoms with Gasteiger partial charge in [-0.3, -0.25) is 19.7 Å². The van der Waals surface area contributed by atoms with Crippen LogP contribution in [-0.4, -0.2) is 35.4 Å². The number of sulfonamides is 1. The Hall–Kier alpha value is -4.86. The van der Waals surface area contributed by atoms with Crippen molar-refractivity contribution >= 4 is 33.1 Å². The van der Waals surface area contributed by atoms with Gasteiger partial charge in [-0.1, -0.05) is 42.5 Å². The number of nitrogens with two attached hydrogens (primary N) is 1. The summed E-state index contributed by atoms with van der Waals surface area (Å²) < 4.78 is 29.0. The highest BCUT2D eigenvalue weighted by Crippen LogP contribution is 2.44. The maximum atomic E-state index is 14.1. The van der Waals surface area contributed by atoms with Gasteiger partial charge in [0.1, 0.15) is 6.04 Å². The van der Waals surface area contributed by atoms with Crippen LogP contribution in [0.5, 0.6) is 0 Å². The Morgan fingerprint density at radius 1 is 1.05 bits per heavy atom. The van der Waals surface area contributed by atoms with Gasteiger partial charge in [0.2, 0.25) is 15.9 Å². The van der Waals surface area contributed by atoms with E-state index in [4.69, 9.17) is 5.73 Å². The van der Waals surface area contributed by atoms with Crippen LogP contribution in [0.25, 0.3) is 0 Å². The topological polar surface area (TPSA) is 176 Å². The third-order valence-electron chi connectivity index (χ3n) is 5.96. The molecule has 0 aromatic heterocycles. The predicted octanol–water partition coefficient (Wildman–Crippen LogP) is 3.29. The summed E-state index contributed by atoms with van der Waals surface area (Å²) in [5, 5.41) is 24.0. The number of hydrogen-bond acceptors (Lipinski definition) is 8. The lowest BCUT2D eigenvalue weighted by molar-refractivity contribution is -0.384. The van der Waals surface area contributed by atoms with Crippen LogP contribution >= 0.6 is 0 Å². The molecule has 11 nitrogen and oxygen atoms in total. The summed E-state index contributed by atoms with van der Waals surface area (Å²) in [5.41, 5.74) is 6.10. The van der Waals surface area contributed by atoms with Crippen molar-refractivity contribution in [2.24, 2.45) is 5.73 Å². The van der Waals surface area contributed by atoms with E-state index >= 15 is 0 Å². The minimum Gasteiger partial charge on any atom is -0.399 e. The predicted molar refractivity (Wildman–Crippen MR) is 137 cm³/mol. The first-order valence-corrected chi connectivity index (χ1v) is 12.6. The molecule has 0 saturated carbocycles. The molecule has 0 fully saturated rings. The standard InChI is InChI=1S/C26H21N5O6S/c1-16(32)29-19-10-12-21(13-11-19)38(36,37)30-24(18-8-5-9-20(14-18)31(34)35)22(15-27)23(28)25(30)26(33)17-6-3-2-4-7-17/h2-14,24-25H,28H2,1H3,(H,29,32)/t24-,25+/m0/s1. The summed E-state index contributed by atoms with van der Waals surface area (Å²) in [6.07, 6.45) is 0. The number of anilines is 1. The fraction of sp³-hybridized carbons (Fsp3) is 0.115. The van der Waals surface area contributed by atoms with E-state index in [1.165, 1.54) is 61.5 Å². The molecule has 192 valence electrons. The van der Waals surface area contributed by atoms with E-state index in [0.29, 0.717) is 5.69 Å². The molecule has 3 aromatic rings. The number of rotatable bonds is 7. The van der Waals surface area contributed by atoms with Crippen LogP contribution in [0.4, 0.5) is 11.4 Å². The molecule has 0 unspecified atom stereocenters.